The molecule has 1 heterocycles. The monoisotopic (exact) mass is 219 g/mol. The lowest BCUT2D eigenvalue weighted by atomic mass is 10.2. The minimum atomic E-state index is -0.228. The fourth-order valence-electron chi connectivity index (χ4n) is 1.63. The van der Waals surface area contributed by atoms with E-state index in [9.17, 15) is 4.39 Å². The first-order chi connectivity index (χ1) is 7.75. The lowest BCUT2D eigenvalue weighted by Gasteiger charge is -2.14. The summed E-state index contributed by atoms with van der Waals surface area (Å²) in [5.74, 6) is 0.671. The maximum atomic E-state index is 13.3. The van der Waals surface area contributed by atoms with Crippen LogP contribution in [0.15, 0.2) is 47.1 Å². The number of hydrogen-bond donors (Lipinski definition) is 1. The van der Waals surface area contributed by atoms with Crippen molar-refractivity contribution in [1.29, 1.82) is 0 Å². The number of para-hydroxylation sites is 1. The molecule has 0 radical (unpaired) electrons. The molecule has 1 unspecified atom stereocenters. The van der Waals surface area contributed by atoms with Crippen LogP contribution in [0.5, 0.6) is 0 Å². The zero-order valence-electron chi connectivity index (χ0n) is 9.11. The highest BCUT2D eigenvalue weighted by Gasteiger charge is 2.07. The van der Waals surface area contributed by atoms with E-state index in [1.54, 1.807) is 18.4 Å². The predicted molar refractivity (Wildman–Crippen MR) is 61.9 cm³/mol. The molecule has 1 atom stereocenters. The predicted octanol–water partition coefficient (Wildman–Crippen LogP) is 3.46. The van der Waals surface area contributed by atoms with Gasteiger partial charge in [-0.3, -0.25) is 0 Å². The topological polar surface area (TPSA) is 25.2 Å². The molecule has 1 aromatic heterocycles. The van der Waals surface area contributed by atoms with Gasteiger partial charge in [0.15, 0.2) is 0 Å². The molecule has 0 aliphatic heterocycles. The third-order valence-electron chi connectivity index (χ3n) is 2.36. The van der Waals surface area contributed by atoms with E-state index in [1.165, 1.54) is 6.07 Å². The summed E-state index contributed by atoms with van der Waals surface area (Å²) in [4.78, 5) is 0. The maximum Gasteiger partial charge on any atom is 0.146 e. The van der Waals surface area contributed by atoms with Gasteiger partial charge in [-0.05, 0) is 31.2 Å². The number of rotatable bonds is 4. The Morgan fingerprint density at radius 2 is 2.06 bits per heavy atom. The van der Waals surface area contributed by atoms with Crippen molar-refractivity contribution >= 4 is 5.69 Å². The van der Waals surface area contributed by atoms with Crippen molar-refractivity contribution in [3.63, 3.8) is 0 Å². The first-order valence-corrected chi connectivity index (χ1v) is 5.29. The lowest BCUT2D eigenvalue weighted by Crippen LogP contribution is -2.18. The third-order valence-corrected chi connectivity index (χ3v) is 2.36. The molecule has 84 valence electrons. The molecule has 0 aliphatic carbocycles. The summed E-state index contributed by atoms with van der Waals surface area (Å²) in [5.41, 5.74) is 0.529. The highest BCUT2D eigenvalue weighted by molar-refractivity contribution is 5.45. The standard InChI is InChI=1S/C13H14FNO/c1-10(9-11-5-4-8-16-11)15-13-7-3-2-6-12(13)14/h2-8,10,15H,9H2,1H3. The van der Waals surface area contributed by atoms with Crippen molar-refractivity contribution in [3.8, 4) is 0 Å². The van der Waals surface area contributed by atoms with Gasteiger partial charge in [-0.1, -0.05) is 12.1 Å². The van der Waals surface area contributed by atoms with Crippen LogP contribution in [0.3, 0.4) is 0 Å². The van der Waals surface area contributed by atoms with E-state index >= 15 is 0 Å². The van der Waals surface area contributed by atoms with Crippen molar-refractivity contribution in [2.24, 2.45) is 0 Å². The van der Waals surface area contributed by atoms with Crippen LogP contribution in [-0.2, 0) is 6.42 Å². The van der Waals surface area contributed by atoms with Crippen LogP contribution in [-0.4, -0.2) is 6.04 Å². The van der Waals surface area contributed by atoms with E-state index in [2.05, 4.69) is 5.32 Å². The lowest BCUT2D eigenvalue weighted by molar-refractivity contribution is 0.497. The van der Waals surface area contributed by atoms with Crippen LogP contribution in [0, 0.1) is 5.82 Å². The van der Waals surface area contributed by atoms with Gasteiger partial charge in [0.1, 0.15) is 11.6 Å². The van der Waals surface area contributed by atoms with Gasteiger partial charge in [0.05, 0.1) is 12.0 Å². The Bertz CT molecular complexity index is 439. The van der Waals surface area contributed by atoms with E-state index in [4.69, 9.17) is 4.42 Å². The highest BCUT2D eigenvalue weighted by Crippen LogP contribution is 2.15. The molecule has 2 rings (SSSR count). The first kappa shape index (κ1) is 10.7. The summed E-state index contributed by atoms with van der Waals surface area (Å²) in [5, 5.41) is 3.11. The van der Waals surface area contributed by atoms with Gasteiger partial charge in [-0.2, -0.15) is 0 Å². The van der Waals surface area contributed by atoms with E-state index in [1.807, 2.05) is 25.1 Å². The Morgan fingerprint density at radius 3 is 2.75 bits per heavy atom. The molecule has 0 fully saturated rings. The number of furan rings is 1. The average Bonchev–Trinajstić information content (AvgIpc) is 2.74. The molecule has 2 aromatic rings. The maximum absolute atomic E-state index is 13.3. The van der Waals surface area contributed by atoms with Gasteiger partial charge in [-0.25, -0.2) is 4.39 Å². The fourth-order valence-corrected chi connectivity index (χ4v) is 1.63. The molecule has 0 amide bonds. The normalized spacial score (nSPS) is 12.4. The van der Waals surface area contributed by atoms with Gasteiger partial charge in [0.2, 0.25) is 0 Å². The number of benzene rings is 1. The molecular weight excluding hydrogens is 205 g/mol. The van der Waals surface area contributed by atoms with Crippen molar-refractivity contribution in [3.05, 3.63) is 54.2 Å². The van der Waals surface area contributed by atoms with Crippen molar-refractivity contribution in [2.45, 2.75) is 19.4 Å². The minimum absolute atomic E-state index is 0.128. The Balaban J connectivity index is 1.97. The molecule has 3 heteroatoms. The minimum Gasteiger partial charge on any atom is -0.469 e. The zero-order chi connectivity index (χ0) is 11.4. The molecule has 0 bridgehead atoms. The second-order valence-electron chi connectivity index (χ2n) is 3.81. The summed E-state index contributed by atoms with van der Waals surface area (Å²) in [7, 11) is 0. The number of halogens is 1. The second-order valence-corrected chi connectivity index (χ2v) is 3.81. The molecule has 1 aromatic carbocycles. The summed E-state index contributed by atoms with van der Waals surface area (Å²) < 4.78 is 18.6. The van der Waals surface area contributed by atoms with Gasteiger partial charge in [0, 0.05) is 12.5 Å². The van der Waals surface area contributed by atoms with E-state index in [0.29, 0.717) is 5.69 Å². The summed E-state index contributed by atoms with van der Waals surface area (Å²) in [6, 6.07) is 10.6. The average molecular weight is 219 g/mol. The summed E-state index contributed by atoms with van der Waals surface area (Å²) in [6.07, 6.45) is 2.38. The Labute approximate surface area is 94.1 Å². The zero-order valence-corrected chi connectivity index (χ0v) is 9.11. The Hall–Kier alpha value is -1.77. The van der Waals surface area contributed by atoms with Crippen molar-refractivity contribution in [2.75, 3.05) is 5.32 Å². The Kier molecular flexibility index (Phi) is 3.25. The molecule has 2 nitrogen and oxygen atoms in total. The van der Waals surface area contributed by atoms with Crippen LogP contribution in [0.2, 0.25) is 0 Å². The SMILES string of the molecule is CC(Cc1ccco1)Nc1ccccc1F. The van der Waals surface area contributed by atoms with Gasteiger partial charge >= 0.3 is 0 Å². The van der Waals surface area contributed by atoms with Gasteiger partial charge in [-0.15, -0.1) is 0 Å². The molecule has 16 heavy (non-hydrogen) atoms. The number of hydrogen-bond acceptors (Lipinski definition) is 2. The van der Waals surface area contributed by atoms with E-state index in [0.717, 1.165) is 12.2 Å². The van der Waals surface area contributed by atoms with Crippen molar-refractivity contribution < 1.29 is 8.81 Å². The van der Waals surface area contributed by atoms with Crippen LogP contribution in [0.4, 0.5) is 10.1 Å². The number of anilines is 1. The summed E-state index contributed by atoms with van der Waals surface area (Å²) >= 11 is 0. The van der Waals surface area contributed by atoms with Gasteiger partial charge < -0.3 is 9.73 Å². The largest absolute Gasteiger partial charge is 0.469 e. The van der Waals surface area contributed by atoms with Crippen LogP contribution in [0.1, 0.15) is 12.7 Å². The number of nitrogens with one attached hydrogen (secondary N) is 1. The molecule has 0 spiro atoms. The molecular formula is C13H14FNO. The highest BCUT2D eigenvalue weighted by atomic mass is 19.1. The van der Waals surface area contributed by atoms with Crippen molar-refractivity contribution in [1.82, 2.24) is 0 Å². The first-order valence-electron chi connectivity index (χ1n) is 5.29. The van der Waals surface area contributed by atoms with Crippen LogP contribution < -0.4 is 5.32 Å². The molecule has 0 aliphatic rings. The molecule has 0 saturated carbocycles. The van der Waals surface area contributed by atoms with Crippen LogP contribution in [0.25, 0.3) is 0 Å². The fraction of sp³-hybridized carbons (Fsp3) is 0.231. The third kappa shape index (κ3) is 2.63. The Morgan fingerprint density at radius 1 is 1.25 bits per heavy atom. The summed E-state index contributed by atoms with van der Waals surface area (Å²) in [6.45, 7) is 2.00. The second kappa shape index (κ2) is 4.84. The quantitative estimate of drug-likeness (QED) is 0.851. The molecule has 0 saturated heterocycles. The van der Waals surface area contributed by atoms with E-state index < -0.39 is 0 Å². The smallest absolute Gasteiger partial charge is 0.146 e. The van der Waals surface area contributed by atoms with Gasteiger partial charge in [0.25, 0.3) is 0 Å². The van der Waals surface area contributed by atoms with Crippen LogP contribution >= 0.6 is 0 Å². The van der Waals surface area contributed by atoms with E-state index in [-0.39, 0.29) is 11.9 Å². The molecule has 1 N–H and O–H groups in total.